The van der Waals surface area contributed by atoms with Crippen LogP contribution in [0.15, 0.2) is 18.2 Å². The third-order valence-corrected chi connectivity index (χ3v) is 3.54. The second-order valence-corrected chi connectivity index (χ2v) is 4.75. The molecule has 3 heteroatoms. The number of rotatable bonds is 7. The van der Waals surface area contributed by atoms with Gasteiger partial charge in [-0.15, -0.1) is 0 Å². The van der Waals surface area contributed by atoms with E-state index in [4.69, 9.17) is 10.5 Å². The van der Waals surface area contributed by atoms with Crippen LogP contribution in [0.3, 0.4) is 0 Å². The smallest absolute Gasteiger partial charge is 0.123 e. The van der Waals surface area contributed by atoms with Crippen LogP contribution in [0.2, 0.25) is 0 Å². The zero-order chi connectivity index (χ0) is 13.5. The van der Waals surface area contributed by atoms with E-state index in [0.29, 0.717) is 5.92 Å². The first-order valence-corrected chi connectivity index (χ1v) is 6.72. The second-order valence-electron chi connectivity index (χ2n) is 4.75. The van der Waals surface area contributed by atoms with Crippen LogP contribution in [0.4, 0.5) is 0 Å². The Balaban J connectivity index is 3.09. The molecule has 0 aliphatic heterocycles. The second kappa shape index (κ2) is 7.39. The summed E-state index contributed by atoms with van der Waals surface area (Å²) in [4.78, 5) is 0. The highest BCUT2D eigenvalue weighted by atomic mass is 16.5. The van der Waals surface area contributed by atoms with Gasteiger partial charge in [0.1, 0.15) is 5.75 Å². The fourth-order valence-electron chi connectivity index (χ4n) is 2.42. The van der Waals surface area contributed by atoms with Crippen molar-refractivity contribution in [2.45, 2.75) is 32.7 Å². The highest BCUT2D eigenvalue weighted by Crippen LogP contribution is 2.32. The molecule has 0 aromatic heterocycles. The van der Waals surface area contributed by atoms with Gasteiger partial charge in [0.2, 0.25) is 0 Å². The highest BCUT2D eigenvalue weighted by Gasteiger charge is 2.20. The first-order valence-electron chi connectivity index (χ1n) is 6.72. The molecule has 1 rings (SSSR count). The monoisotopic (exact) mass is 250 g/mol. The van der Waals surface area contributed by atoms with E-state index < -0.39 is 0 Å². The lowest BCUT2D eigenvalue weighted by atomic mass is 9.90. The molecule has 0 fully saturated rings. The van der Waals surface area contributed by atoms with E-state index in [2.05, 4.69) is 37.4 Å². The molecule has 0 spiro atoms. The first kappa shape index (κ1) is 15.0. The van der Waals surface area contributed by atoms with Crippen molar-refractivity contribution < 1.29 is 4.74 Å². The van der Waals surface area contributed by atoms with Crippen LogP contribution in [0.1, 0.15) is 37.4 Å². The van der Waals surface area contributed by atoms with Crippen LogP contribution < -0.4 is 15.8 Å². The number of nitrogens with one attached hydrogen (secondary N) is 1. The number of hydrogen-bond acceptors (Lipinski definition) is 3. The predicted molar refractivity (Wildman–Crippen MR) is 77.0 cm³/mol. The zero-order valence-electron chi connectivity index (χ0n) is 12.0. The quantitative estimate of drug-likeness (QED) is 0.781. The normalized spacial score (nSPS) is 14.3. The van der Waals surface area contributed by atoms with Crippen LogP contribution in [0, 0.1) is 5.92 Å². The molecule has 18 heavy (non-hydrogen) atoms. The summed E-state index contributed by atoms with van der Waals surface area (Å²) in [6, 6.07) is 6.72. The molecule has 0 aliphatic carbocycles. The molecule has 0 radical (unpaired) electrons. The Kier molecular flexibility index (Phi) is 6.16. The predicted octanol–water partition coefficient (Wildman–Crippen LogP) is 2.50. The molecular formula is C15H26N2O. The molecule has 1 aromatic rings. The molecule has 0 aliphatic rings. The maximum absolute atomic E-state index is 5.67. The Morgan fingerprint density at radius 3 is 2.61 bits per heavy atom. The summed E-state index contributed by atoms with van der Waals surface area (Å²) in [7, 11) is 3.72. The molecule has 3 N–H and O–H groups in total. The first-order chi connectivity index (χ1) is 8.67. The van der Waals surface area contributed by atoms with Gasteiger partial charge in [-0.05, 0) is 44.0 Å². The van der Waals surface area contributed by atoms with Crippen LogP contribution in [-0.2, 0) is 6.42 Å². The van der Waals surface area contributed by atoms with Crippen LogP contribution in [0.5, 0.6) is 5.75 Å². The lowest BCUT2D eigenvalue weighted by Gasteiger charge is -2.26. The van der Waals surface area contributed by atoms with Crippen molar-refractivity contribution in [1.29, 1.82) is 0 Å². The standard InChI is InChI=1S/C15H26N2O/c1-5-12-6-7-14(18-4)13(10-12)15(17-3)11(2)8-9-16/h6-7,10-11,15,17H,5,8-9,16H2,1-4H3. The number of aryl methyl sites for hydroxylation is 1. The van der Waals surface area contributed by atoms with Gasteiger partial charge in [0.25, 0.3) is 0 Å². The Bertz CT molecular complexity index is 366. The summed E-state index contributed by atoms with van der Waals surface area (Å²) in [5, 5.41) is 3.39. The van der Waals surface area contributed by atoms with Gasteiger partial charge in [0.05, 0.1) is 7.11 Å². The lowest BCUT2D eigenvalue weighted by molar-refractivity contribution is 0.360. The summed E-state index contributed by atoms with van der Waals surface area (Å²) in [5.41, 5.74) is 8.24. The maximum Gasteiger partial charge on any atom is 0.123 e. The summed E-state index contributed by atoms with van der Waals surface area (Å²) in [6.45, 7) is 5.12. The largest absolute Gasteiger partial charge is 0.496 e. The molecule has 0 bridgehead atoms. The lowest BCUT2D eigenvalue weighted by Crippen LogP contribution is -2.25. The van der Waals surface area contributed by atoms with E-state index in [1.807, 2.05) is 7.05 Å². The van der Waals surface area contributed by atoms with E-state index in [9.17, 15) is 0 Å². The minimum Gasteiger partial charge on any atom is -0.496 e. The number of methoxy groups -OCH3 is 1. The minimum atomic E-state index is 0.287. The summed E-state index contributed by atoms with van der Waals surface area (Å²) < 4.78 is 5.48. The van der Waals surface area contributed by atoms with Gasteiger partial charge in [-0.2, -0.15) is 0 Å². The van der Waals surface area contributed by atoms with E-state index >= 15 is 0 Å². The summed E-state index contributed by atoms with van der Waals surface area (Å²) >= 11 is 0. The molecule has 0 amide bonds. The Labute approximate surface area is 111 Å². The topological polar surface area (TPSA) is 47.3 Å². The number of hydrogen-bond donors (Lipinski definition) is 2. The Morgan fingerprint density at radius 1 is 1.39 bits per heavy atom. The molecule has 0 saturated carbocycles. The minimum absolute atomic E-state index is 0.287. The van der Waals surface area contributed by atoms with Crippen molar-refractivity contribution in [3.05, 3.63) is 29.3 Å². The van der Waals surface area contributed by atoms with Gasteiger partial charge in [-0.3, -0.25) is 0 Å². The van der Waals surface area contributed by atoms with Crippen molar-refractivity contribution in [1.82, 2.24) is 5.32 Å². The summed E-state index contributed by atoms with van der Waals surface area (Å²) in [6.07, 6.45) is 2.05. The van der Waals surface area contributed by atoms with Gasteiger partial charge in [0.15, 0.2) is 0 Å². The van der Waals surface area contributed by atoms with Crippen molar-refractivity contribution >= 4 is 0 Å². The third kappa shape index (κ3) is 3.47. The van der Waals surface area contributed by atoms with Crippen molar-refractivity contribution in [2.75, 3.05) is 20.7 Å². The fourth-order valence-corrected chi connectivity index (χ4v) is 2.42. The van der Waals surface area contributed by atoms with E-state index in [0.717, 1.165) is 25.1 Å². The molecule has 2 atom stereocenters. The summed E-state index contributed by atoms with van der Waals surface area (Å²) in [5.74, 6) is 1.44. The van der Waals surface area contributed by atoms with Crippen molar-refractivity contribution in [2.24, 2.45) is 11.7 Å². The van der Waals surface area contributed by atoms with Crippen molar-refractivity contribution in [3.8, 4) is 5.75 Å². The van der Waals surface area contributed by atoms with Gasteiger partial charge in [-0.1, -0.05) is 26.0 Å². The van der Waals surface area contributed by atoms with Gasteiger partial charge in [0, 0.05) is 11.6 Å². The fraction of sp³-hybridized carbons (Fsp3) is 0.600. The van der Waals surface area contributed by atoms with Gasteiger partial charge in [-0.25, -0.2) is 0 Å². The third-order valence-electron chi connectivity index (χ3n) is 3.54. The van der Waals surface area contributed by atoms with E-state index in [-0.39, 0.29) is 6.04 Å². The molecule has 3 nitrogen and oxygen atoms in total. The van der Waals surface area contributed by atoms with E-state index in [1.54, 1.807) is 7.11 Å². The van der Waals surface area contributed by atoms with Crippen molar-refractivity contribution in [3.63, 3.8) is 0 Å². The molecule has 2 unspecified atom stereocenters. The van der Waals surface area contributed by atoms with Crippen LogP contribution >= 0.6 is 0 Å². The number of nitrogens with two attached hydrogens (primary N) is 1. The number of benzene rings is 1. The highest BCUT2D eigenvalue weighted by molar-refractivity contribution is 5.40. The number of ether oxygens (including phenoxy) is 1. The molecule has 0 heterocycles. The Hall–Kier alpha value is -1.06. The van der Waals surface area contributed by atoms with Gasteiger partial charge < -0.3 is 15.8 Å². The Morgan fingerprint density at radius 2 is 2.11 bits per heavy atom. The van der Waals surface area contributed by atoms with Crippen LogP contribution in [0.25, 0.3) is 0 Å². The molecule has 0 saturated heterocycles. The molecule has 1 aromatic carbocycles. The average Bonchev–Trinajstić information content (AvgIpc) is 2.39. The average molecular weight is 250 g/mol. The molecular weight excluding hydrogens is 224 g/mol. The van der Waals surface area contributed by atoms with Crippen LogP contribution in [-0.4, -0.2) is 20.7 Å². The molecule has 102 valence electrons. The zero-order valence-corrected chi connectivity index (χ0v) is 12.0. The SMILES string of the molecule is CCc1ccc(OC)c(C(NC)C(C)CCN)c1. The van der Waals surface area contributed by atoms with Gasteiger partial charge >= 0.3 is 0 Å². The van der Waals surface area contributed by atoms with E-state index in [1.165, 1.54) is 11.1 Å². The maximum atomic E-state index is 5.67.